The van der Waals surface area contributed by atoms with E-state index in [1.165, 1.54) is 29.9 Å². The van der Waals surface area contributed by atoms with Gasteiger partial charge in [0.1, 0.15) is 5.82 Å². The highest BCUT2D eigenvalue weighted by atomic mass is 19.1. The number of nitrogens with zero attached hydrogens (tertiary/aromatic N) is 1. The molecule has 3 amide bonds. The highest BCUT2D eigenvalue weighted by Crippen LogP contribution is 2.28. The Hall–Kier alpha value is -3.22. The Morgan fingerprint density at radius 3 is 2.45 bits per heavy atom. The summed E-state index contributed by atoms with van der Waals surface area (Å²) in [6.45, 7) is 1.80. The second kappa shape index (κ2) is 12.1. The van der Waals surface area contributed by atoms with E-state index in [0.717, 1.165) is 30.4 Å². The van der Waals surface area contributed by atoms with Crippen molar-refractivity contribution in [2.45, 2.75) is 52.0 Å². The highest BCUT2D eigenvalue weighted by Gasteiger charge is 2.21. The number of amides is 3. The molecular weight excluding hydrogens is 421 g/mol. The van der Waals surface area contributed by atoms with Gasteiger partial charge in [-0.05, 0) is 54.7 Å². The van der Waals surface area contributed by atoms with E-state index >= 15 is 0 Å². The van der Waals surface area contributed by atoms with Crippen LogP contribution in [0, 0.1) is 18.7 Å². The minimum Gasteiger partial charge on any atom is -0.345 e. The van der Waals surface area contributed by atoms with E-state index in [4.69, 9.17) is 0 Å². The number of hydrogen-bond acceptors (Lipinski definition) is 3. The van der Waals surface area contributed by atoms with Gasteiger partial charge < -0.3 is 15.5 Å². The molecule has 176 valence electrons. The van der Waals surface area contributed by atoms with Crippen LogP contribution < -0.4 is 10.6 Å². The molecule has 0 spiro atoms. The molecule has 0 aliphatic heterocycles. The molecule has 1 saturated carbocycles. The number of carbonyl (C=O) groups excluding carboxylic acids is 3. The van der Waals surface area contributed by atoms with Crippen molar-refractivity contribution < 1.29 is 18.8 Å². The summed E-state index contributed by atoms with van der Waals surface area (Å²) < 4.78 is 13.3. The van der Waals surface area contributed by atoms with Crippen LogP contribution in [0.2, 0.25) is 0 Å². The molecule has 0 heterocycles. The van der Waals surface area contributed by atoms with Crippen molar-refractivity contribution in [3.8, 4) is 0 Å². The fraction of sp³-hybridized carbons (Fsp3) is 0.423. The number of nitrogens with one attached hydrogen (secondary N) is 2. The van der Waals surface area contributed by atoms with E-state index in [-0.39, 0.29) is 37.3 Å². The van der Waals surface area contributed by atoms with Crippen molar-refractivity contribution in [3.05, 3.63) is 65.5 Å². The Kier molecular flexibility index (Phi) is 8.98. The van der Waals surface area contributed by atoms with Gasteiger partial charge in [-0.3, -0.25) is 14.4 Å². The summed E-state index contributed by atoms with van der Waals surface area (Å²) in [5, 5.41) is 5.33. The Balaban J connectivity index is 1.54. The smallest absolute Gasteiger partial charge is 0.243 e. The van der Waals surface area contributed by atoms with Crippen molar-refractivity contribution in [1.29, 1.82) is 0 Å². The summed E-state index contributed by atoms with van der Waals surface area (Å²) in [5.74, 6) is -0.640. The van der Waals surface area contributed by atoms with Crippen molar-refractivity contribution in [2.24, 2.45) is 5.92 Å². The van der Waals surface area contributed by atoms with Crippen LogP contribution in [0.5, 0.6) is 0 Å². The van der Waals surface area contributed by atoms with E-state index in [0.29, 0.717) is 18.0 Å². The molecule has 1 aliphatic rings. The first kappa shape index (κ1) is 24.4. The van der Waals surface area contributed by atoms with E-state index in [1.54, 1.807) is 18.2 Å². The molecule has 0 radical (unpaired) electrons. The van der Waals surface area contributed by atoms with Gasteiger partial charge in [-0.2, -0.15) is 0 Å². The van der Waals surface area contributed by atoms with Gasteiger partial charge in [-0.1, -0.05) is 49.9 Å². The zero-order valence-electron chi connectivity index (χ0n) is 19.1. The summed E-state index contributed by atoms with van der Waals surface area (Å²) in [4.78, 5) is 39.1. The van der Waals surface area contributed by atoms with Gasteiger partial charge >= 0.3 is 0 Å². The van der Waals surface area contributed by atoms with Gasteiger partial charge in [0.25, 0.3) is 0 Å². The SMILES string of the molecule is Cc1cccc(NC(=O)CNC(=O)CN(Cc2ccc(F)cc2)C(=O)CCC2CCCC2)c1. The number of benzene rings is 2. The second-order valence-electron chi connectivity index (χ2n) is 8.76. The number of carbonyl (C=O) groups is 3. The van der Waals surface area contributed by atoms with Crippen LogP contribution in [0.25, 0.3) is 0 Å². The summed E-state index contributed by atoms with van der Waals surface area (Å²) in [5.41, 5.74) is 2.43. The van der Waals surface area contributed by atoms with Crippen molar-refractivity contribution in [2.75, 3.05) is 18.4 Å². The minimum atomic E-state index is -0.411. The van der Waals surface area contributed by atoms with Crippen LogP contribution in [0.4, 0.5) is 10.1 Å². The van der Waals surface area contributed by atoms with Crippen LogP contribution in [-0.2, 0) is 20.9 Å². The lowest BCUT2D eigenvalue weighted by Gasteiger charge is -2.23. The molecule has 0 bridgehead atoms. The van der Waals surface area contributed by atoms with Gasteiger partial charge in [0, 0.05) is 18.7 Å². The van der Waals surface area contributed by atoms with E-state index in [2.05, 4.69) is 10.6 Å². The lowest BCUT2D eigenvalue weighted by Crippen LogP contribution is -2.42. The first-order valence-electron chi connectivity index (χ1n) is 11.5. The first-order chi connectivity index (χ1) is 15.9. The van der Waals surface area contributed by atoms with E-state index in [1.807, 2.05) is 25.1 Å². The van der Waals surface area contributed by atoms with Gasteiger partial charge in [0.15, 0.2) is 0 Å². The molecule has 0 saturated heterocycles. The number of anilines is 1. The summed E-state index contributed by atoms with van der Waals surface area (Å²) in [7, 11) is 0. The van der Waals surface area contributed by atoms with Gasteiger partial charge in [-0.25, -0.2) is 4.39 Å². The van der Waals surface area contributed by atoms with Crippen LogP contribution >= 0.6 is 0 Å². The maximum absolute atomic E-state index is 13.3. The number of halogens is 1. The Morgan fingerprint density at radius 2 is 1.76 bits per heavy atom. The maximum Gasteiger partial charge on any atom is 0.243 e. The molecule has 0 atom stereocenters. The minimum absolute atomic E-state index is 0.106. The summed E-state index contributed by atoms with van der Waals surface area (Å²) >= 11 is 0. The summed E-state index contributed by atoms with van der Waals surface area (Å²) in [6, 6.07) is 13.3. The molecule has 0 unspecified atom stereocenters. The molecule has 7 heteroatoms. The Bertz CT molecular complexity index is 956. The molecule has 3 rings (SSSR count). The predicted molar refractivity (Wildman–Crippen MR) is 126 cm³/mol. The normalized spacial score (nSPS) is 13.5. The zero-order valence-corrected chi connectivity index (χ0v) is 19.1. The standard InChI is InChI=1S/C26H32FN3O3/c1-19-5-4-8-23(15-19)29-24(31)16-28-25(32)18-30(17-21-9-12-22(27)13-10-21)26(33)14-11-20-6-2-3-7-20/h4-5,8-10,12-13,15,20H,2-3,6-7,11,14,16-18H2,1H3,(H,28,32)(H,29,31). The third-order valence-electron chi connectivity index (χ3n) is 5.96. The lowest BCUT2D eigenvalue weighted by atomic mass is 10.0. The van der Waals surface area contributed by atoms with Crippen molar-refractivity contribution in [3.63, 3.8) is 0 Å². The molecular formula is C26H32FN3O3. The Labute approximate surface area is 194 Å². The zero-order chi connectivity index (χ0) is 23.6. The van der Waals surface area contributed by atoms with E-state index < -0.39 is 5.91 Å². The summed E-state index contributed by atoms with van der Waals surface area (Å²) in [6.07, 6.45) is 5.94. The van der Waals surface area contributed by atoms with Crippen LogP contribution in [-0.4, -0.2) is 35.7 Å². The van der Waals surface area contributed by atoms with Crippen LogP contribution in [0.1, 0.15) is 49.7 Å². The van der Waals surface area contributed by atoms with Crippen molar-refractivity contribution >= 4 is 23.4 Å². The fourth-order valence-electron chi connectivity index (χ4n) is 4.16. The quantitative estimate of drug-likeness (QED) is 0.566. The Morgan fingerprint density at radius 1 is 1.03 bits per heavy atom. The third kappa shape index (κ3) is 8.33. The van der Waals surface area contributed by atoms with Crippen LogP contribution in [0.3, 0.4) is 0 Å². The van der Waals surface area contributed by atoms with Gasteiger partial charge in [0.2, 0.25) is 17.7 Å². The first-order valence-corrected chi connectivity index (χ1v) is 11.5. The molecule has 6 nitrogen and oxygen atoms in total. The average molecular weight is 454 g/mol. The van der Waals surface area contributed by atoms with Gasteiger partial charge in [-0.15, -0.1) is 0 Å². The maximum atomic E-state index is 13.3. The number of rotatable bonds is 10. The largest absolute Gasteiger partial charge is 0.345 e. The average Bonchev–Trinajstić information content (AvgIpc) is 3.31. The molecule has 1 fully saturated rings. The van der Waals surface area contributed by atoms with Gasteiger partial charge in [0.05, 0.1) is 13.1 Å². The molecule has 1 aliphatic carbocycles. The molecule has 2 aromatic rings. The van der Waals surface area contributed by atoms with Crippen LogP contribution in [0.15, 0.2) is 48.5 Å². The highest BCUT2D eigenvalue weighted by molar-refractivity contribution is 5.95. The van der Waals surface area contributed by atoms with Crippen molar-refractivity contribution in [1.82, 2.24) is 10.2 Å². The number of aryl methyl sites for hydroxylation is 1. The fourth-order valence-corrected chi connectivity index (χ4v) is 4.16. The molecule has 2 N–H and O–H groups in total. The second-order valence-corrected chi connectivity index (χ2v) is 8.76. The van der Waals surface area contributed by atoms with E-state index in [9.17, 15) is 18.8 Å². The molecule has 0 aromatic heterocycles. The predicted octanol–water partition coefficient (Wildman–Crippen LogP) is 4.19. The molecule has 2 aromatic carbocycles. The topological polar surface area (TPSA) is 78.5 Å². The number of hydrogen-bond donors (Lipinski definition) is 2. The third-order valence-corrected chi connectivity index (χ3v) is 5.96. The molecule has 33 heavy (non-hydrogen) atoms. The monoisotopic (exact) mass is 453 g/mol. The lowest BCUT2D eigenvalue weighted by molar-refractivity contribution is -0.137.